The van der Waals surface area contributed by atoms with Gasteiger partial charge in [-0.3, -0.25) is 9.55 Å². The number of pyridine rings is 1. The Morgan fingerprint density at radius 2 is 1.88 bits per heavy atom. The Balaban J connectivity index is 1.42. The maximum atomic E-state index is 14.3. The normalized spacial score (nSPS) is 17.6. The monoisotopic (exact) mass is 671 g/mol. The molecule has 1 fully saturated rings. The zero-order valence-corrected chi connectivity index (χ0v) is 27.6. The minimum absolute atomic E-state index is 0.00573. The number of hydrogen-bond donors (Lipinski definition) is 0. The minimum atomic E-state index is -3.79. The zero-order chi connectivity index (χ0) is 33.7. The van der Waals surface area contributed by atoms with Crippen molar-refractivity contribution in [3.63, 3.8) is 0 Å². The first-order valence-electron chi connectivity index (χ1n) is 16.0. The molecule has 2 aromatic carbocycles. The lowest BCUT2D eigenvalue weighted by Gasteiger charge is -2.23. The topological polar surface area (TPSA) is 154 Å². The minimum Gasteiger partial charge on any atom is -0.421 e. The van der Waals surface area contributed by atoms with Gasteiger partial charge in [-0.15, -0.1) is 10.2 Å². The standard InChI is InChI=1S/C35H34FN5O6S/c1-19(2)25-18-48(43,44)33-30(31(34-40-39-20(3)46-34)27(38-32(25)33)8-5-21-10-12-45-13-11-21)23-7-9-28-29(15-23)47-35(42)41(28)17-22-4-6-24(16-37)26(36)14-22/h4,6-7,9,14-15,19,21,25H,5,8,10-13,17-18H2,1-3H3/t25-/m0/s1. The van der Waals surface area contributed by atoms with Crippen LogP contribution < -0.4 is 5.76 Å². The van der Waals surface area contributed by atoms with Crippen LogP contribution in [-0.4, -0.2) is 47.1 Å². The fourth-order valence-corrected chi connectivity index (χ4v) is 9.10. The van der Waals surface area contributed by atoms with Gasteiger partial charge in [0.1, 0.15) is 11.9 Å². The Morgan fingerprint density at radius 1 is 1.08 bits per heavy atom. The third-order valence-corrected chi connectivity index (χ3v) is 11.3. The van der Waals surface area contributed by atoms with E-state index in [1.54, 1.807) is 37.3 Å². The molecular formula is C35H34FN5O6S. The van der Waals surface area contributed by atoms with Crippen LogP contribution in [0.25, 0.3) is 33.7 Å². The molecule has 0 bridgehead atoms. The van der Waals surface area contributed by atoms with Crippen LogP contribution in [0.4, 0.5) is 4.39 Å². The molecule has 5 heterocycles. The number of ether oxygens (including phenoxy) is 1. The van der Waals surface area contributed by atoms with Crippen LogP contribution in [0, 0.1) is 35.9 Å². The summed E-state index contributed by atoms with van der Waals surface area (Å²) in [6, 6.07) is 11.0. The summed E-state index contributed by atoms with van der Waals surface area (Å²) in [6.45, 7) is 7.09. The number of nitriles is 1. The number of fused-ring (bicyclic) bond motifs is 2. The summed E-state index contributed by atoms with van der Waals surface area (Å²) in [6.07, 6.45) is 3.29. The zero-order valence-electron chi connectivity index (χ0n) is 26.8. The van der Waals surface area contributed by atoms with Gasteiger partial charge in [0.05, 0.1) is 45.2 Å². The van der Waals surface area contributed by atoms with Gasteiger partial charge in [0.15, 0.2) is 15.4 Å². The van der Waals surface area contributed by atoms with Crippen molar-refractivity contribution < 1.29 is 26.4 Å². The molecule has 11 nitrogen and oxygen atoms in total. The molecule has 5 aromatic rings. The van der Waals surface area contributed by atoms with Gasteiger partial charge in [0.2, 0.25) is 11.8 Å². The van der Waals surface area contributed by atoms with E-state index in [1.807, 2.05) is 13.8 Å². The molecule has 0 spiro atoms. The third kappa shape index (κ3) is 5.73. The number of sulfone groups is 1. The van der Waals surface area contributed by atoms with Gasteiger partial charge in [-0.2, -0.15) is 5.26 Å². The maximum absolute atomic E-state index is 14.3. The van der Waals surface area contributed by atoms with Crippen molar-refractivity contribution in [1.82, 2.24) is 19.7 Å². The Bertz CT molecular complexity index is 2260. The lowest BCUT2D eigenvalue weighted by Crippen LogP contribution is -2.17. The van der Waals surface area contributed by atoms with Crippen LogP contribution in [-0.2, 0) is 27.5 Å². The molecule has 48 heavy (non-hydrogen) atoms. The fraction of sp³-hybridized carbons (Fsp3) is 0.400. The number of oxazole rings is 1. The summed E-state index contributed by atoms with van der Waals surface area (Å²) in [7, 11) is -3.79. The molecule has 0 amide bonds. The van der Waals surface area contributed by atoms with Crippen molar-refractivity contribution >= 4 is 20.9 Å². The van der Waals surface area contributed by atoms with E-state index in [4.69, 9.17) is 23.8 Å². The SMILES string of the molecule is Cc1nnc(-c2c(CCC3CCOCC3)nc3c(c2-c2ccc4c(c2)oc(=O)n4Cc2ccc(C#N)c(F)c2)S(=O)(=O)C[C@H]3C(C)C)o1. The number of halogens is 1. The van der Waals surface area contributed by atoms with Crippen molar-refractivity contribution in [2.24, 2.45) is 11.8 Å². The van der Waals surface area contributed by atoms with Crippen molar-refractivity contribution in [3.05, 3.63) is 81.2 Å². The van der Waals surface area contributed by atoms with E-state index in [9.17, 15) is 17.6 Å². The predicted octanol–water partition coefficient (Wildman–Crippen LogP) is 5.96. The summed E-state index contributed by atoms with van der Waals surface area (Å²) >= 11 is 0. The van der Waals surface area contributed by atoms with Gasteiger partial charge >= 0.3 is 5.76 Å². The van der Waals surface area contributed by atoms with Gasteiger partial charge in [0, 0.05) is 31.6 Å². The molecule has 248 valence electrons. The van der Waals surface area contributed by atoms with Gasteiger partial charge < -0.3 is 13.6 Å². The van der Waals surface area contributed by atoms with E-state index in [0.29, 0.717) is 70.6 Å². The van der Waals surface area contributed by atoms with E-state index < -0.39 is 21.4 Å². The largest absolute Gasteiger partial charge is 0.421 e. The molecular weight excluding hydrogens is 637 g/mol. The van der Waals surface area contributed by atoms with Gasteiger partial charge in [0.25, 0.3) is 0 Å². The summed E-state index contributed by atoms with van der Waals surface area (Å²) < 4.78 is 61.0. The van der Waals surface area contributed by atoms with Crippen LogP contribution in [0.3, 0.4) is 0 Å². The Labute approximate surface area is 276 Å². The Kier molecular flexibility index (Phi) is 8.25. The number of nitrogens with zero attached hydrogens (tertiary/aromatic N) is 5. The highest BCUT2D eigenvalue weighted by atomic mass is 32.2. The molecule has 1 saturated heterocycles. The van der Waals surface area contributed by atoms with E-state index >= 15 is 0 Å². The summed E-state index contributed by atoms with van der Waals surface area (Å²) in [5.74, 6) is -0.763. The van der Waals surface area contributed by atoms with E-state index in [0.717, 1.165) is 19.3 Å². The molecule has 2 aliphatic heterocycles. The van der Waals surface area contributed by atoms with Crippen molar-refractivity contribution in [2.75, 3.05) is 19.0 Å². The molecule has 0 aliphatic carbocycles. The quantitative estimate of drug-likeness (QED) is 0.193. The highest BCUT2D eigenvalue weighted by molar-refractivity contribution is 7.92. The average molecular weight is 672 g/mol. The Hall–Kier alpha value is -4.67. The molecule has 0 unspecified atom stereocenters. The van der Waals surface area contributed by atoms with Crippen LogP contribution in [0.5, 0.6) is 0 Å². The summed E-state index contributed by atoms with van der Waals surface area (Å²) in [5, 5.41) is 17.5. The molecule has 0 N–H and O–H groups in total. The highest BCUT2D eigenvalue weighted by Crippen LogP contribution is 2.48. The first-order chi connectivity index (χ1) is 23.0. The first kappa shape index (κ1) is 31.9. The molecule has 2 aliphatic rings. The number of rotatable bonds is 8. The van der Waals surface area contributed by atoms with Crippen molar-refractivity contribution in [3.8, 4) is 28.7 Å². The Morgan fingerprint density at radius 3 is 2.56 bits per heavy atom. The fourth-order valence-electron chi connectivity index (χ4n) is 6.87. The van der Waals surface area contributed by atoms with Crippen molar-refractivity contribution in [2.45, 2.75) is 63.8 Å². The van der Waals surface area contributed by atoms with Gasteiger partial charge in [-0.1, -0.05) is 26.0 Å². The number of benzene rings is 2. The van der Waals surface area contributed by atoms with E-state index in [2.05, 4.69) is 10.2 Å². The predicted molar refractivity (Wildman–Crippen MR) is 173 cm³/mol. The van der Waals surface area contributed by atoms with Crippen molar-refractivity contribution in [1.29, 1.82) is 5.26 Å². The number of aromatic nitrogens is 4. The number of hydrogen-bond acceptors (Lipinski definition) is 10. The highest BCUT2D eigenvalue weighted by Gasteiger charge is 2.43. The van der Waals surface area contributed by atoms with Crippen LogP contribution in [0.15, 0.2) is 54.9 Å². The lowest BCUT2D eigenvalue weighted by atomic mass is 9.88. The van der Waals surface area contributed by atoms with Crippen LogP contribution >= 0.6 is 0 Å². The molecule has 1 atom stereocenters. The molecule has 3 aromatic heterocycles. The number of aryl methyl sites for hydroxylation is 2. The molecule has 7 rings (SSSR count). The molecule has 0 saturated carbocycles. The second kappa shape index (κ2) is 12.4. The average Bonchev–Trinajstić information content (AvgIpc) is 3.71. The second-order valence-electron chi connectivity index (χ2n) is 12.9. The smallest absolute Gasteiger partial charge is 0.420 e. The molecule has 0 radical (unpaired) electrons. The van der Waals surface area contributed by atoms with E-state index in [1.165, 1.54) is 16.7 Å². The molecule has 13 heteroatoms. The second-order valence-corrected chi connectivity index (χ2v) is 14.9. The third-order valence-electron chi connectivity index (χ3n) is 9.44. The maximum Gasteiger partial charge on any atom is 0.420 e. The first-order valence-corrected chi connectivity index (χ1v) is 17.7. The van der Waals surface area contributed by atoms with Gasteiger partial charge in [-0.25, -0.2) is 17.6 Å². The lowest BCUT2D eigenvalue weighted by molar-refractivity contribution is 0.0639. The van der Waals surface area contributed by atoms with Crippen LogP contribution in [0.1, 0.15) is 67.4 Å². The van der Waals surface area contributed by atoms with E-state index in [-0.39, 0.29) is 46.1 Å². The van der Waals surface area contributed by atoms with Gasteiger partial charge in [-0.05, 0) is 72.9 Å². The summed E-state index contributed by atoms with van der Waals surface area (Å²) in [5.41, 5.74) is 3.63. The summed E-state index contributed by atoms with van der Waals surface area (Å²) in [4.78, 5) is 18.3. The van der Waals surface area contributed by atoms with Crippen LogP contribution in [0.2, 0.25) is 0 Å².